The average Bonchev–Trinajstić information content (AvgIpc) is 2.15. The lowest BCUT2D eigenvalue weighted by Crippen LogP contribution is -1.90. The number of aryl methyl sites for hydroxylation is 2. The van der Waals surface area contributed by atoms with Crippen LogP contribution in [0.1, 0.15) is 31.4 Å². The van der Waals surface area contributed by atoms with Gasteiger partial charge in [-0.25, -0.2) is 0 Å². The molecule has 1 aromatic heterocycles. The number of nitrogens with zero attached hydrogens (tertiary/aromatic N) is 1. The minimum Gasteiger partial charge on any atom is -0.264 e. The molecule has 0 bridgehead atoms. The molecule has 13 heavy (non-hydrogen) atoms. The maximum Gasteiger partial charge on any atom is 0.0300 e. The first-order valence-electron chi connectivity index (χ1n) is 4.79. The van der Waals surface area contributed by atoms with Crippen LogP contribution < -0.4 is 0 Å². The molecule has 0 unspecified atom stereocenters. The smallest absolute Gasteiger partial charge is 0.0300 e. The van der Waals surface area contributed by atoms with Gasteiger partial charge in [0.25, 0.3) is 0 Å². The Morgan fingerprint density at radius 2 is 2.08 bits per heavy atom. The zero-order valence-electron chi connectivity index (χ0n) is 8.51. The molecule has 0 saturated heterocycles. The van der Waals surface area contributed by atoms with E-state index in [1.54, 1.807) is 0 Å². The topological polar surface area (TPSA) is 12.9 Å². The molecular weight excluding hydrogens is 158 g/mol. The highest BCUT2D eigenvalue weighted by Crippen LogP contribution is 2.08. The molecule has 1 rings (SSSR count). The molecule has 0 radical (unpaired) electrons. The molecule has 0 aliphatic carbocycles. The Morgan fingerprint density at radius 1 is 1.38 bits per heavy atom. The average molecular weight is 175 g/mol. The molecule has 0 N–H and O–H groups in total. The first-order valence-corrected chi connectivity index (χ1v) is 4.79. The molecule has 0 fully saturated rings. The lowest BCUT2D eigenvalue weighted by Gasteiger charge is -2.02. The Hall–Kier alpha value is -1.11. The number of aromatic nitrogens is 1. The van der Waals surface area contributed by atoms with Crippen molar-refractivity contribution >= 4 is 0 Å². The van der Waals surface area contributed by atoms with E-state index < -0.39 is 0 Å². The maximum atomic E-state index is 4.20. The van der Waals surface area contributed by atoms with Crippen molar-refractivity contribution in [3.8, 4) is 0 Å². The minimum absolute atomic E-state index is 1.06. The summed E-state index contributed by atoms with van der Waals surface area (Å²) in [5.74, 6) is 0. The van der Waals surface area contributed by atoms with Crippen molar-refractivity contribution < 1.29 is 0 Å². The largest absolute Gasteiger partial charge is 0.264 e. The molecule has 0 aliphatic rings. The SMILES string of the molecule is C=C(C)CCc1cncc(CC)c1. The Balaban J connectivity index is 2.61. The second-order valence-electron chi connectivity index (χ2n) is 3.51. The zero-order valence-corrected chi connectivity index (χ0v) is 8.51. The third-order valence-electron chi connectivity index (χ3n) is 2.10. The van der Waals surface area contributed by atoms with Crippen LogP contribution >= 0.6 is 0 Å². The van der Waals surface area contributed by atoms with E-state index in [4.69, 9.17) is 0 Å². The van der Waals surface area contributed by atoms with Crippen LogP contribution in [0.5, 0.6) is 0 Å². The van der Waals surface area contributed by atoms with E-state index in [1.807, 2.05) is 12.4 Å². The summed E-state index contributed by atoms with van der Waals surface area (Å²) in [6, 6.07) is 2.23. The van der Waals surface area contributed by atoms with Gasteiger partial charge in [-0.2, -0.15) is 0 Å². The van der Waals surface area contributed by atoms with Crippen molar-refractivity contribution in [2.45, 2.75) is 33.1 Å². The van der Waals surface area contributed by atoms with Gasteiger partial charge >= 0.3 is 0 Å². The number of allylic oxidation sites excluding steroid dienone is 1. The summed E-state index contributed by atoms with van der Waals surface area (Å²) in [6.45, 7) is 8.11. The number of rotatable bonds is 4. The number of hydrogen-bond donors (Lipinski definition) is 0. The summed E-state index contributed by atoms with van der Waals surface area (Å²) in [5, 5.41) is 0. The molecule has 1 heteroatoms. The molecular formula is C12H17N. The highest BCUT2D eigenvalue weighted by atomic mass is 14.6. The first kappa shape index (κ1) is 9.97. The molecule has 1 heterocycles. The lowest BCUT2D eigenvalue weighted by atomic mass is 10.1. The number of hydrogen-bond acceptors (Lipinski definition) is 1. The zero-order chi connectivity index (χ0) is 9.68. The van der Waals surface area contributed by atoms with E-state index in [2.05, 4.69) is 31.5 Å². The summed E-state index contributed by atoms with van der Waals surface area (Å²) in [6.07, 6.45) is 7.07. The summed E-state index contributed by atoms with van der Waals surface area (Å²) in [7, 11) is 0. The first-order chi connectivity index (χ1) is 6.22. The van der Waals surface area contributed by atoms with Crippen LogP contribution in [0.2, 0.25) is 0 Å². The molecule has 0 aromatic carbocycles. The molecule has 0 spiro atoms. The fraction of sp³-hybridized carbons (Fsp3) is 0.417. The van der Waals surface area contributed by atoms with Crippen molar-refractivity contribution in [2.24, 2.45) is 0 Å². The third-order valence-corrected chi connectivity index (χ3v) is 2.10. The van der Waals surface area contributed by atoms with Crippen LogP contribution in [0.4, 0.5) is 0 Å². The Labute approximate surface area is 80.5 Å². The van der Waals surface area contributed by atoms with Crippen LogP contribution in [-0.4, -0.2) is 4.98 Å². The molecule has 0 atom stereocenters. The van der Waals surface area contributed by atoms with Crippen molar-refractivity contribution in [3.63, 3.8) is 0 Å². The van der Waals surface area contributed by atoms with Gasteiger partial charge in [-0.05, 0) is 37.3 Å². The predicted octanol–water partition coefficient (Wildman–Crippen LogP) is 3.15. The van der Waals surface area contributed by atoms with Gasteiger partial charge < -0.3 is 0 Å². The molecule has 0 aliphatic heterocycles. The van der Waals surface area contributed by atoms with E-state index in [9.17, 15) is 0 Å². The fourth-order valence-electron chi connectivity index (χ4n) is 1.23. The molecule has 0 saturated carbocycles. The highest BCUT2D eigenvalue weighted by Gasteiger charge is 1.95. The summed E-state index contributed by atoms with van der Waals surface area (Å²) >= 11 is 0. The van der Waals surface area contributed by atoms with Gasteiger partial charge in [-0.1, -0.05) is 18.6 Å². The normalized spacial score (nSPS) is 10.0. The molecule has 1 nitrogen and oxygen atoms in total. The summed E-state index contributed by atoms with van der Waals surface area (Å²) < 4.78 is 0. The second-order valence-corrected chi connectivity index (χ2v) is 3.51. The monoisotopic (exact) mass is 175 g/mol. The van der Waals surface area contributed by atoms with Gasteiger partial charge in [0.2, 0.25) is 0 Å². The van der Waals surface area contributed by atoms with Crippen LogP contribution in [0, 0.1) is 0 Å². The highest BCUT2D eigenvalue weighted by molar-refractivity contribution is 5.18. The van der Waals surface area contributed by atoms with Gasteiger partial charge in [-0.3, -0.25) is 4.98 Å². The van der Waals surface area contributed by atoms with Gasteiger partial charge in [-0.15, -0.1) is 6.58 Å². The fourth-order valence-corrected chi connectivity index (χ4v) is 1.23. The van der Waals surface area contributed by atoms with Crippen LogP contribution in [-0.2, 0) is 12.8 Å². The second kappa shape index (κ2) is 4.80. The van der Waals surface area contributed by atoms with E-state index in [0.29, 0.717) is 0 Å². The third kappa shape index (κ3) is 3.41. The summed E-state index contributed by atoms with van der Waals surface area (Å²) in [5.41, 5.74) is 3.88. The van der Waals surface area contributed by atoms with Crippen molar-refractivity contribution in [3.05, 3.63) is 41.7 Å². The summed E-state index contributed by atoms with van der Waals surface area (Å²) in [4.78, 5) is 4.20. The van der Waals surface area contributed by atoms with Gasteiger partial charge in [0, 0.05) is 12.4 Å². The van der Waals surface area contributed by atoms with Crippen molar-refractivity contribution in [1.29, 1.82) is 0 Å². The lowest BCUT2D eigenvalue weighted by molar-refractivity contribution is 0.928. The predicted molar refractivity (Wildman–Crippen MR) is 56.8 cm³/mol. The molecule has 1 aromatic rings. The van der Waals surface area contributed by atoms with Crippen LogP contribution in [0.25, 0.3) is 0 Å². The Morgan fingerprint density at radius 3 is 2.69 bits per heavy atom. The minimum atomic E-state index is 1.06. The molecule has 0 amide bonds. The number of pyridine rings is 1. The van der Waals surface area contributed by atoms with Crippen molar-refractivity contribution in [2.75, 3.05) is 0 Å². The molecule has 70 valence electrons. The quantitative estimate of drug-likeness (QED) is 0.640. The van der Waals surface area contributed by atoms with E-state index in [-0.39, 0.29) is 0 Å². The van der Waals surface area contributed by atoms with Gasteiger partial charge in [0.1, 0.15) is 0 Å². The standard InChI is InChI=1S/C12H17N/c1-4-11-7-12(9-13-8-11)6-5-10(2)3/h7-9H,2,4-6H2,1,3H3. The van der Waals surface area contributed by atoms with E-state index >= 15 is 0 Å². The van der Waals surface area contributed by atoms with E-state index in [1.165, 1.54) is 16.7 Å². The Bertz CT molecular complexity index is 289. The van der Waals surface area contributed by atoms with E-state index in [0.717, 1.165) is 19.3 Å². The van der Waals surface area contributed by atoms with Gasteiger partial charge in [0.15, 0.2) is 0 Å². The van der Waals surface area contributed by atoms with Gasteiger partial charge in [0.05, 0.1) is 0 Å². The van der Waals surface area contributed by atoms with Crippen molar-refractivity contribution in [1.82, 2.24) is 4.98 Å². The van der Waals surface area contributed by atoms with Crippen LogP contribution in [0.15, 0.2) is 30.6 Å². The Kier molecular flexibility index (Phi) is 3.69. The van der Waals surface area contributed by atoms with Crippen LogP contribution in [0.3, 0.4) is 0 Å². The maximum absolute atomic E-state index is 4.20.